The Bertz CT molecular complexity index is 196. The summed E-state index contributed by atoms with van der Waals surface area (Å²) in [6.07, 6.45) is 6.89. The van der Waals surface area contributed by atoms with Gasteiger partial charge in [-0.1, -0.05) is 19.8 Å². The molecule has 0 radical (unpaired) electrons. The quantitative estimate of drug-likeness (QED) is 0.735. The van der Waals surface area contributed by atoms with Crippen LogP contribution in [0.4, 0.5) is 0 Å². The van der Waals surface area contributed by atoms with Gasteiger partial charge in [0.1, 0.15) is 0 Å². The lowest BCUT2D eigenvalue weighted by Gasteiger charge is -2.20. The Labute approximate surface area is 98.8 Å². The Hall–Kier alpha value is -0.180. The third-order valence-corrected chi connectivity index (χ3v) is 3.45. The van der Waals surface area contributed by atoms with E-state index in [0.29, 0.717) is 18.1 Å². The number of likely N-dealkylation sites (tertiary alicyclic amines) is 1. The third-order valence-electron chi connectivity index (χ3n) is 3.22. The van der Waals surface area contributed by atoms with Crippen LogP contribution in [0.1, 0.15) is 45.4 Å². The third kappa shape index (κ3) is 4.45. The molecule has 2 nitrogen and oxygen atoms in total. The summed E-state index contributed by atoms with van der Waals surface area (Å²) in [4.78, 5) is 13.7. The minimum Gasteiger partial charge on any atom is -0.343 e. The maximum Gasteiger partial charge on any atom is 0.223 e. The van der Waals surface area contributed by atoms with E-state index in [2.05, 4.69) is 19.6 Å². The van der Waals surface area contributed by atoms with Crippen molar-refractivity contribution in [1.29, 1.82) is 0 Å². The van der Waals surface area contributed by atoms with Crippen molar-refractivity contribution in [2.24, 2.45) is 5.92 Å². The van der Waals surface area contributed by atoms with E-state index in [0.717, 1.165) is 19.0 Å². The molecule has 0 aromatic rings. The van der Waals surface area contributed by atoms with Crippen molar-refractivity contribution in [3.8, 4) is 0 Å². The van der Waals surface area contributed by atoms with E-state index in [-0.39, 0.29) is 0 Å². The molecule has 1 atom stereocenters. The van der Waals surface area contributed by atoms with Crippen LogP contribution in [-0.4, -0.2) is 29.6 Å². The molecule has 88 valence electrons. The fraction of sp³-hybridized carbons (Fsp3) is 0.917. The zero-order chi connectivity index (χ0) is 11.1. The average molecular weight is 229 g/mol. The molecule has 0 aliphatic carbocycles. The van der Waals surface area contributed by atoms with Crippen LogP contribution in [0.15, 0.2) is 0 Å². The molecule has 1 heterocycles. The molecule has 1 fully saturated rings. The summed E-state index contributed by atoms with van der Waals surface area (Å²) >= 11 is 4.11. The Morgan fingerprint density at radius 3 is 2.87 bits per heavy atom. The monoisotopic (exact) mass is 229 g/mol. The van der Waals surface area contributed by atoms with E-state index in [1.165, 1.54) is 32.1 Å². The summed E-state index contributed by atoms with van der Waals surface area (Å²) in [5.74, 6) is 1.82. The Kier molecular flexibility index (Phi) is 6.15. The number of rotatable bonds is 4. The van der Waals surface area contributed by atoms with Crippen LogP contribution >= 0.6 is 12.6 Å². The maximum atomic E-state index is 11.7. The first-order valence-electron chi connectivity index (χ1n) is 6.16. The van der Waals surface area contributed by atoms with Gasteiger partial charge in [0.15, 0.2) is 0 Å². The highest BCUT2D eigenvalue weighted by Crippen LogP contribution is 2.22. The second kappa shape index (κ2) is 7.15. The van der Waals surface area contributed by atoms with Gasteiger partial charge in [-0.15, -0.1) is 0 Å². The summed E-state index contributed by atoms with van der Waals surface area (Å²) in [6, 6.07) is 0. The SMILES string of the molecule is CCCC1CCCN(C(=O)CCS)CC1. The molecule has 1 aliphatic rings. The van der Waals surface area contributed by atoms with Gasteiger partial charge in [0.05, 0.1) is 0 Å². The van der Waals surface area contributed by atoms with Gasteiger partial charge in [-0.2, -0.15) is 12.6 Å². The standard InChI is InChI=1S/C12H23NOS/c1-2-4-11-5-3-8-13(9-6-11)12(14)7-10-15/h11,15H,2-10H2,1H3. The van der Waals surface area contributed by atoms with Crippen molar-refractivity contribution in [2.75, 3.05) is 18.8 Å². The zero-order valence-electron chi connectivity index (χ0n) is 9.74. The molecule has 3 heteroatoms. The summed E-state index contributed by atoms with van der Waals surface area (Å²) in [7, 11) is 0. The van der Waals surface area contributed by atoms with Gasteiger partial charge in [0.2, 0.25) is 5.91 Å². The lowest BCUT2D eigenvalue weighted by atomic mass is 9.96. The number of carbonyl (C=O) groups is 1. The van der Waals surface area contributed by atoms with Gasteiger partial charge in [0.25, 0.3) is 0 Å². The van der Waals surface area contributed by atoms with Crippen LogP contribution in [0.5, 0.6) is 0 Å². The number of hydrogen-bond acceptors (Lipinski definition) is 2. The molecule has 15 heavy (non-hydrogen) atoms. The Balaban J connectivity index is 2.35. The molecular weight excluding hydrogens is 206 g/mol. The van der Waals surface area contributed by atoms with Crippen molar-refractivity contribution in [2.45, 2.75) is 45.4 Å². The van der Waals surface area contributed by atoms with Crippen LogP contribution in [0, 0.1) is 5.92 Å². The number of carbonyl (C=O) groups excluding carboxylic acids is 1. The number of nitrogens with zero attached hydrogens (tertiary/aromatic N) is 1. The summed E-state index contributed by atoms with van der Waals surface area (Å²) < 4.78 is 0. The van der Waals surface area contributed by atoms with Crippen molar-refractivity contribution in [3.05, 3.63) is 0 Å². The lowest BCUT2D eigenvalue weighted by molar-refractivity contribution is -0.130. The Morgan fingerprint density at radius 1 is 1.40 bits per heavy atom. The Morgan fingerprint density at radius 2 is 2.20 bits per heavy atom. The predicted molar refractivity (Wildman–Crippen MR) is 67.3 cm³/mol. The molecule has 1 saturated heterocycles. The van der Waals surface area contributed by atoms with Crippen LogP contribution in [-0.2, 0) is 4.79 Å². The predicted octanol–water partition coefficient (Wildman–Crippen LogP) is 2.74. The highest BCUT2D eigenvalue weighted by Gasteiger charge is 2.19. The molecule has 0 aromatic carbocycles. The van der Waals surface area contributed by atoms with E-state index < -0.39 is 0 Å². The van der Waals surface area contributed by atoms with E-state index in [1.54, 1.807) is 0 Å². The number of thiol groups is 1. The molecule has 0 bridgehead atoms. The lowest BCUT2D eigenvalue weighted by Crippen LogP contribution is -2.32. The van der Waals surface area contributed by atoms with Gasteiger partial charge in [-0.05, 0) is 30.9 Å². The number of amides is 1. The first-order chi connectivity index (χ1) is 7.27. The highest BCUT2D eigenvalue weighted by atomic mass is 32.1. The van der Waals surface area contributed by atoms with Gasteiger partial charge in [-0.25, -0.2) is 0 Å². The van der Waals surface area contributed by atoms with Gasteiger partial charge >= 0.3 is 0 Å². The van der Waals surface area contributed by atoms with E-state index >= 15 is 0 Å². The van der Waals surface area contributed by atoms with E-state index in [1.807, 2.05) is 4.90 Å². The topological polar surface area (TPSA) is 20.3 Å². The fourth-order valence-corrected chi connectivity index (χ4v) is 2.56. The normalized spacial score (nSPS) is 22.5. The molecule has 0 aromatic heterocycles. The molecule has 1 unspecified atom stereocenters. The van der Waals surface area contributed by atoms with Crippen molar-refractivity contribution in [3.63, 3.8) is 0 Å². The van der Waals surface area contributed by atoms with Gasteiger partial charge < -0.3 is 4.90 Å². The van der Waals surface area contributed by atoms with Crippen LogP contribution in [0.25, 0.3) is 0 Å². The second-order valence-corrected chi connectivity index (χ2v) is 4.89. The average Bonchev–Trinajstić information content (AvgIpc) is 2.44. The molecule has 1 amide bonds. The van der Waals surface area contributed by atoms with Crippen molar-refractivity contribution in [1.82, 2.24) is 4.90 Å². The number of hydrogen-bond donors (Lipinski definition) is 1. The molecule has 0 spiro atoms. The first kappa shape index (κ1) is 12.9. The fourth-order valence-electron chi connectivity index (χ4n) is 2.37. The summed E-state index contributed by atoms with van der Waals surface area (Å²) in [5, 5.41) is 0. The van der Waals surface area contributed by atoms with E-state index in [4.69, 9.17) is 0 Å². The molecular formula is C12H23NOS. The molecule has 0 N–H and O–H groups in total. The van der Waals surface area contributed by atoms with Crippen LogP contribution in [0.3, 0.4) is 0 Å². The molecule has 0 saturated carbocycles. The second-order valence-electron chi connectivity index (χ2n) is 4.44. The highest BCUT2D eigenvalue weighted by molar-refractivity contribution is 7.80. The summed E-state index contributed by atoms with van der Waals surface area (Å²) in [5.41, 5.74) is 0. The first-order valence-corrected chi connectivity index (χ1v) is 6.79. The van der Waals surface area contributed by atoms with Gasteiger partial charge in [0, 0.05) is 19.5 Å². The van der Waals surface area contributed by atoms with Gasteiger partial charge in [-0.3, -0.25) is 4.79 Å². The summed E-state index contributed by atoms with van der Waals surface area (Å²) in [6.45, 7) is 4.18. The zero-order valence-corrected chi connectivity index (χ0v) is 10.6. The van der Waals surface area contributed by atoms with Crippen LogP contribution in [0.2, 0.25) is 0 Å². The molecule has 1 rings (SSSR count). The van der Waals surface area contributed by atoms with Crippen LogP contribution < -0.4 is 0 Å². The smallest absolute Gasteiger partial charge is 0.223 e. The van der Waals surface area contributed by atoms with Crippen molar-refractivity contribution < 1.29 is 4.79 Å². The van der Waals surface area contributed by atoms with E-state index in [9.17, 15) is 4.79 Å². The maximum absolute atomic E-state index is 11.7. The largest absolute Gasteiger partial charge is 0.343 e. The molecule has 1 aliphatic heterocycles. The minimum absolute atomic E-state index is 0.294. The van der Waals surface area contributed by atoms with Crippen molar-refractivity contribution >= 4 is 18.5 Å². The minimum atomic E-state index is 0.294.